The Bertz CT molecular complexity index is 589. The molecule has 0 saturated heterocycles. The van der Waals surface area contributed by atoms with Crippen LogP contribution < -0.4 is 5.73 Å². The summed E-state index contributed by atoms with van der Waals surface area (Å²) in [6.45, 7) is 0.415. The van der Waals surface area contributed by atoms with Crippen LogP contribution in [0.1, 0.15) is 16.1 Å². The van der Waals surface area contributed by atoms with Crippen LogP contribution in [0.2, 0.25) is 10.0 Å². The molecule has 0 bridgehead atoms. The van der Waals surface area contributed by atoms with E-state index in [0.717, 1.165) is 5.56 Å². The number of carbonyl (C=O) groups is 1. The molecule has 0 aliphatic carbocycles. The molecular formula is C13H13Cl2N3O. The number of carbonyl (C=O) groups excluding carboxylic acids is 1. The van der Waals surface area contributed by atoms with Crippen LogP contribution in [-0.4, -0.2) is 22.8 Å². The number of rotatable bonds is 3. The first-order valence-corrected chi connectivity index (χ1v) is 6.35. The van der Waals surface area contributed by atoms with Crippen molar-refractivity contribution in [2.45, 2.75) is 6.54 Å². The predicted molar refractivity (Wildman–Crippen MR) is 77.5 cm³/mol. The van der Waals surface area contributed by atoms with Crippen molar-refractivity contribution < 1.29 is 4.79 Å². The summed E-state index contributed by atoms with van der Waals surface area (Å²) in [4.78, 5) is 16.5. The number of nitrogens with two attached hydrogens (primary N) is 1. The molecule has 3 N–H and O–H groups in total. The number of nitrogens with one attached hydrogen (secondary N) is 1. The van der Waals surface area contributed by atoms with Crippen LogP contribution in [0.5, 0.6) is 0 Å². The third kappa shape index (κ3) is 3.43. The number of nitrogens with zero attached hydrogens (tertiary/aromatic N) is 1. The molecule has 1 heterocycles. The Balaban J connectivity index is 2.12. The Morgan fingerprint density at radius 2 is 1.89 bits per heavy atom. The van der Waals surface area contributed by atoms with Gasteiger partial charge in [0, 0.05) is 35.5 Å². The first kappa shape index (κ1) is 13.8. The van der Waals surface area contributed by atoms with Crippen LogP contribution in [0.3, 0.4) is 0 Å². The lowest BCUT2D eigenvalue weighted by molar-refractivity contribution is 0.0780. The van der Waals surface area contributed by atoms with E-state index >= 15 is 0 Å². The Hall–Kier alpha value is -1.65. The maximum Gasteiger partial charge on any atom is 0.270 e. The maximum atomic E-state index is 12.1. The Morgan fingerprint density at radius 3 is 2.42 bits per heavy atom. The molecule has 0 aliphatic heterocycles. The molecule has 1 aromatic carbocycles. The van der Waals surface area contributed by atoms with Gasteiger partial charge in [-0.25, -0.2) is 0 Å². The van der Waals surface area contributed by atoms with E-state index in [2.05, 4.69) is 4.98 Å². The third-order valence-corrected chi connectivity index (χ3v) is 3.06. The SMILES string of the molecule is CN(Cc1cc(Cl)cc(Cl)c1)C(=O)c1cc(N)c[nH]1. The number of amides is 1. The summed E-state index contributed by atoms with van der Waals surface area (Å²) in [5.74, 6) is -0.146. The fraction of sp³-hybridized carbons (Fsp3) is 0.154. The summed E-state index contributed by atoms with van der Waals surface area (Å²) in [6.07, 6.45) is 1.58. The highest BCUT2D eigenvalue weighted by Crippen LogP contribution is 2.20. The van der Waals surface area contributed by atoms with Crippen molar-refractivity contribution in [3.8, 4) is 0 Å². The minimum atomic E-state index is -0.146. The lowest BCUT2D eigenvalue weighted by Crippen LogP contribution is -2.26. The van der Waals surface area contributed by atoms with E-state index in [1.165, 1.54) is 0 Å². The highest BCUT2D eigenvalue weighted by atomic mass is 35.5. The van der Waals surface area contributed by atoms with E-state index in [1.54, 1.807) is 42.4 Å². The van der Waals surface area contributed by atoms with Crippen molar-refractivity contribution in [3.63, 3.8) is 0 Å². The van der Waals surface area contributed by atoms with Crippen molar-refractivity contribution in [2.24, 2.45) is 0 Å². The Morgan fingerprint density at radius 1 is 1.26 bits per heavy atom. The summed E-state index contributed by atoms with van der Waals surface area (Å²) < 4.78 is 0. The summed E-state index contributed by atoms with van der Waals surface area (Å²) >= 11 is 11.8. The minimum Gasteiger partial charge on any atom is -0.397 e. The van der Waals surface area contributed by atoms with Gasteiger partial charge in [0.25, 0.3) is 5.91 Å². The second-order valence-electron chi connectivity index (χ2n) is 4.29. The third-order valence-electron chi connectivity index (χ3n) is 2.62. The van der Waals surface area contributed by atoms with Gasteiger partial charge in [0.05, 0.1) is 0 Å². The highest BCUT2D eigenvalue weighted by molar-refractivity contribution is 6.34. The van der Waals surface area contributed by atoms with Gasteiger partial charge >= 0.3 is 0 Å². The van der Waals surface area contributed by atoms with E-state index in [0.29, 0.717) is 28.0 Å². The molecule has 4 nitrogen and oxygen atoms in total. The fourth-order valence-corrected chi connectivity index (χ4v) is 2.36. The lowest BCUT2D eigenvalue weighted by Gasteiger charge is -2.16. The lowest BCUT2D eigenvalue weighted by atomic mass is 10.2. The minimum absolute atomic E-state index is 0.146. The van der Waals surface area contributed by atoms with Crippen LogP contribution in [0, 0.1) is 0 Å². The fourth-order valence-electron chi connectivity index (χ4n) is 1.79. The number of benzene rings is 1. The van der Waals surface area contributed by atoms with Crippen LogP contribution >= 0.6 is 23.2 Å². The van der Waals surface area contributed by atoms with Crippen LogP contribution in [-0.2, 0) is 6.54 Å². The van der Waals surface area contributed by atoms with Crippen molar-refractivity contribution in [3.05, 3.63) is 51.8 Å². The molecule has 0 fully saturated rings. The molecule has 0 atom stereocenters. The molecule has 100 valence electrons. The molecule has 0 radical (unpaired) electrons. The summed E-state index contributed by atoms with van der Waals surface area (Å²) in [5.41, 5.74) is 7.42. The molecule has 1 aromatic heterocycles. The molecule has 19 heavy (non-hydrogen) atoms. The van der Waals surface area contributed by atoms with Crippen LogP contribution in [0.15, 0.2) is 30.5 Å². The van der Waals surface area contributed by atoms with E-state index in [-0.39, 0.29) is 5.91 Å². The van der Waals surface area contributed by atoms with Gasteiger partial charge in [0.15, 0.2) is 0 Å². The number of aromatic amines is 1. The second-order valence-corrected chi connectivity index (χ2v) is 5.16. The van der Waals surface area contributed by atoms with Gasteiger partial charge in [-0.3, -0.25) is 4.79 Å². The maximum absolute atomic E-state index is 12.1. The molecule has 2 aromatic rings. The number of aromatic nitrogens is 1. The average Bonchev–Trinajstić information content (AvgIpc) is 2.73. The Labute approximate surface area is 121 Å². The number of anilines is 1. The smallest absolute Gasteiger partial charge is 0.270 e. The van der Waals surface area contributed by atoms with E-state index in [9.17, 15) is 4.79 Å². The van der Waals surface area contributed by atoms with Crippen LogP contribution in [0.25, 0.3) is 0 Å². The zero-order chi connectivity index (χ0) is 14.0. The number of halogens is 2. The van der Waals surface area contributed by atoms with E-state index in [1.807, 2.05) is 0 Å². The summed E-state index contributed by atoms with van der Waals surface area (Å²) in [5, 5.41) is 1.10. The van der Waals surface area contributed by atoms with Crippen LogP contribution in [0.4, 0.5) is 5.69 Å². The number of nitrogen functional groups attached to an aromatic ring is 1. The number of hydrogen-bond acceptors (Lipinski definition) is 2. The van der Waals surface area contributed by atoms with Crippen molar-refractivity contribution >= 4 is 34.8 Å². The quantitative estimate of drug-likeness (QED) is 0.914. The van der Waals surface area contributed by atoms with Gasteiger partial charge < -0.3 is 15.6 Å². The number of H-pyrrole nitrogens is 1. The Kier molecular flexibility index (Phi) is 4.02. The molecule has 0 unspecified atom stereocenters. The van der Waals surface area contributed by atoms with Gasteiger partial charge in [-0.1, -0.05) is 23.2 Å². The standard InChI is InChI=1S/C13H13Cl2N3O/c1-18(13(19)12-5-11(16)6-17-12)7-8-2-9(14)4-10(15)3-8/h2-6,17H,7,16H2,1H3. The average molecular weight is 298 g/mol. The largest absolute Gasteiger partial charge is 0.397 e. The van der Waals surface area contributed by atoms with Crippen molar-refractivity contribution in [1.82, 2.24) is 9.88 Å². The first-order chi connectivity index (χ1) is 8.95. The molecular weight excluding hydrogens is 285 g/mol. The second kappa shape index (κ2) is 5.55. The summed E-state index contributed by atoms with van der Waals surface area (Å²) in [7, 11) is 1.70. The predicted octanol–water partition coefficient (Wildman–Crippen LogP) is 3.18. The van der Waals surface area contributed by atoms with Gasteiger partial charge in [-0.2, -0.15) is 0 Å². The normalized spacial score (nSPS) is 10.5. The van der Waals surface area contributed by atoms with Gasteiger partial charge in [0.1, 0.15) is 5.69 Å². The zero-order valence-electron chi connectivity index (χ0n) is 10.3. The topological polar surface area (TPSA) is 62.1 Å². The van der Waals surface area contributed by atoms with Gasteiger partial charge in [-0.05, 0) is 29.8 Å². The molecule has 0 aliphatic rings. The van der Waals surface area contributed by atoms with Gasteiger partial charge in [-0.15, -0.1) is 0 Å². The van der Waals surface area contributed by atoms with Crippen molar-refractivity contribution in [2.75, 3.05) is 12.8 Å². The van der Waals surface area contributed by atoms with E-state index in [4.69, 9.17) is 28.9 Å². The molecule has 1 amide bonds. The number of hydrogen-bond donors (Lipinski definition) is 2. The molecule has 0 spiro atoms. The molecule has 2 rings (SSSR count). The van der Waals surface area contributed by atoms with E-state index < -0.39 is 0 Å². The highest BCUT2D eigenvalue weighted by Gasteiger charge is 2.14. The van der Waals surface area contributed by atoms with Gasteiger partial charge in [0.2, 0.25) is 0 Å². The van der Waals surface area contributed by atoms with Crippen molar-refractivity contribution in [1.29, 1.82) is 0 Å². The summed E-state index contributed by atoms with van der Waals surface area (Å²) in [6, 6.07) is 6.81. The zero-order valence-corrected chi connectivity index (χ0v) is 11.8. The first-order valence-electron chi connectivity index (χ1n) is 5.60. The molecule has 6 heteroatoms. The molecule has 0 saturated carbocycles. The monoisotopic (exact) mass is 297 g/mol.